The molecule has 1 fully saturated rings. The van der Waals surface area contributed by atoms with Crippen LogP contribution in [0.1, 0.15) is 60.4 Å². The molecule has 0 amide bonds. The third-order valence-corrected chi connectivity index (χ3v) is 7.08. The summed E-state index contributed by atoms with van der Waals surface area (Å²) in [5.74, 6) is -0.323. The zero-order chi connectivity index (χ0) is 29.0. The van der Waals surface area contributed by atoms with Gasteiger partial charge in [0.05, 0.1) is 23.3 Å². The fourth-order valence-electron chi connectivity index (χ4n) is 4.66. The number of alkyl halides is 3. The van der Waals surface area contributed by atoms with Crippen LogP contribution in [0.4, 0.5) is 13.2 Å². The van der Waals surface area contributed by atoms with Crippen molar-refractivity contribution in [2.75, 3.05) is 0 Å². The Hall–Kier alpha value is -3.83. The minimum absolute atomic E-state index is 0.0687. The van der Waals surface area contributed by atoms with Crippen molar-refractivity contribution in [1.29, 1.82) is 0 Å². The van der Waals surface area contributed by atoms with E-state index in [1.807, 2.05) is 13.0 Å². The molecule has 4 heterocycles. The molecule has 1 aliphatic carbocycles. The predicted molar refractivity (Wildman–Crippen MR) is 142 cm³/mol. The first kappa shape index (κ1) is 27.7. The molecule has 0 saturated heterocycles. The average molecular weight is 572 g/mol. The van der Waals surface area contributed by atoms with Crippen LogP contribution in [0.2, 0.25) is 5.02 Å². The molecule has 0 radical (unpaired) electrons. The van der Waals surface area contributed by atoms with E-state index in [-0.39, 0.29) is 22.7 Å². The largest absolute Gasteiger partial charge is 0.573 e. The lowest BCUT2D eigenvalue weighted by Crippen LogP contribution is -2.23. The molecule has 0 aliphatic heterocycles. The Labute approximate surface area is 232 Å². The van der Waals surface area contributed by atoms with E-state index in [9.17, 15) is 23.1 Å². The lowest BCUT2D eigenvalue weighted by molar-refractivity contribution is -0.274. The number of hydrogen-bond acceptors (Lipinski definition) is 7. The third kappa shape index (κ3) is 5.57. The second-order valence-corrected chi connectivity index (χ2v) is 10.7. The number of nitrogens with zero attached hydrogens (tertiary/aromatic N) is 5. The van der Waals surface area contributed by atoms with Crippen LogP contribution < -0.4 is 10.3 Å². The number of halogens is 4. The van der Waals surface area contributed by atoms with Gasteiger partial charge in [0.15, 0.2) is 5.82 Å². The third-order valence-electron chi connectivity index (χ3n) is 6.70. The summed E-state index contributed by atoms with van der Waals surface area (Å²) in [4.78, 5) is 30.7. The molecular weight excluding hydrogens is 547 g/mol. The molecule has 0 spiro atoms. The summed E-state index contributed by atoms with van der Waals surface area (Å²) in [6, 6.07) is 7.98. The fourth-order valence-corrected chi connectivity index (χ4v) is 4.94. The molecule has 1 aliphatic rings. The van der Waals surface area contributed by atoms with Crippen molar-refractivity contribution in [1.82, 2.24) is 24.5 Å². The number of aliphatic hydroxyl groups is 1. The molecule has 4 aromatic heterocycles. The molecule has 40 heavy (non-hydrogen) atoms. The van der Waals surface area contributed by atoms with E-state index >= 15 is 0 Å². The molecule has 1 N–H and O–H groups in total. The Morgan fingerprint density at radius 3 is 2.42 bits per heavy atom. The normalized spacial score (nSPS) is 17.1. The standard InChI is InChI=1S/C28H25ClF3N5O3/c1-14-12-34-22(21-7-8-33-26(36-21)27(3,4)39)11-23(14)37-15(2)9-19(24(29)25(37)38)17-10-18(17)20-6-5-16(13-35-20)40-28(30,31)32/h5-9,11-13,17-18,39H,10H2,1-4H3/t17-,18-/m0/s1. The predicted octanol–water partition coefficient (Wildman–Crippen LogP) is 5.75. The van der Waals surface area contributed by atoms with E-state index in [0.717, 1.165) is 11.8 Å². The first-order chi connectivity index (χ1) is 18.7. The van der Waals surface area contributed by atoms with Gasteiger partial charge in [-0.15, -0.1) is 13.2 Å². The van der Waals surface area contributed by atoms with E-state index in [0.29, 0.717) is 40.4 Å². The van der Waals surface area contributed by atoms with Gasteiger partial charge in [0.25, 0.3) is 5.56 Å². The molecule has 208 valence electrons. The number of pyridine rings is 3. The summed E-state index contributed by atoms with van der Waals surface area (Å²) in [6.07, 6.45) is 0.0822. The van der Waals surface area contributed by atoms with Gasteiger partial charge in [0, 0.05) is 29.7 Å². The van der Waals surface area contributed by atoms with Crippen LogP contribution in [-0.4, -0.2) is 36.0 Å². The Kier molecular flexibility index (Phi) is 6.91. The Balaban J connectivity index is 1.46. The van der Waals surface area contributed by atoms with Crippen molar-refractivity contribution < 1.29 is 23.0 Å². The van der Waals surface area contributed by atoms with Crippen molar-refractivity contribution in [2.45, 2.75) is 57.9 Å². The van der Waals surface area contributed by atoms with Crippen LogP contribution in [0.5, 0.6) is 5.75 Å². The number of aromatic nitrogens is 5. The highest BCUT2D eigenvalue weighted by Crippen LogP contribution is 2.55. The van der Waals surface area contributed by atoms with Crippen LogP contribution >= 0.6 is 11.6 Å². The monoisotopic (exact) mass is 571 g/mol. The van der Waals surface area contributed by atoms with Crippen LogP contribution in [0, 0.1) is 13.8 Å². The van der Waals surface area contributed by atoms with Crippen LogP contribution in [-0.2, 0) is 5.60 Å². The van der Waals surface area contributed by atoms with Crippen LogP contribution in [0.25, 0.3) is 17.1 Å². The highest BCUT2D eigenvalue weighted by molar-refractivity contribution is 6.31. The second kappa shape index (κ2) is 9.97. The minimum atomic E-state index is -4.79. The van der Waals surface area contributed by atoms with Gasteiger partial charge in [-0.25, -0.2) is 9.97 Å². The van der Waals surface area contributed by atoms with Gasteiger partial charge in [-0.2, -0.15) is 0 Å². The fraction of sp³-hybridized carbons (Fsp3) is 0.321. The van der Waals surface area contributed by atoms with Crippen molar-refractivity contribution in [3.63, 3.8) is 0 Å². The lowest BCUT2D eigenvalue weighted by atomic mass is 10.1. The number of aryl methyl sites for hydroxylation is 2. The minimum Gasteiger partial charge on any atom is -0.404 e. The molecule has 12 heteroatoms. The molecule has 0 unspecified atom stereocenters. The first-order valence-corrected chi connectivity index (χ1v) is 12.8. The maximum absolute atomic E-state index is 13.6. The van der Waals surface area contributed by atoms with Gasteiger partial charge in [-0.3, -0.25) is 19.3 Å². The Bertz CT molecular complexity index is 1650. The van der Waals surface area contributed by atoms with E-state index in [1.165, 1.54) is 22.9 Å². The number of rotatable bonds is 6. The quantitative estimate of drug-likeness (QED) is 0.314. The van der Waals surface area contributed by atoms with Gasteiger partial charge in [0.1, 0.15) is 16.4 Å². The van der Waals surface area contributed by atoms with Gasteiger partial charge >= 0.3 is 6.36 Å². The van der Waals surface area contributed by atoms with Crippen molar-refractivity contribution >= 4 is 11.6 Å². The van der Waals surface area contributed by atoms with Gasteiger partial charge < -0.3 is 9.84 Å². The molecule has 2 atom stereocenters. The topological polar surface area (TPSA) is 103 Å². The maximum Gasteiger partial charge on any atom is 0.573 e. The summed E-state index contributed by atoms with van der Waals surface area (Å²) >= 11 is 6.62. The zero-order valence-corrected chi connectivity index (χ0v) is 22.7. The van der Waals surface area contributed by atoms with Gasteiger partial charge in [-0.1, -0.05) is 11.6 Å². The van der Waals surface area contributed by atoms with Crippen LogP contribution in [0.3, 0.4) is 0 Å². The summed E-state index contributed by atoms with van der Waals surface area (Å²) in [6.45, 7) is 6.81. The highest BCUT2D eigenvalue weighted by Gasteiger charge is 2.42. The van der Waals surface area contributed by atoms with Gasteiger partial charge in [-0.05, 0) is 81.5 Å². The summed E-state index contributed by atoms with van der Waals surface area (Å²) in [5.41, 5.74) is 2.58. The Morgan fingerprint density at radius 2 is 1.77 bits per heavy atom. The van der Waals surface area contributed by atoms with E-state index in [2.05, 4.69) is 24.7 Å². The molecule has 8 nitrogen and oxygen atoms in total. The molecule has 4 aromatic rings. The Morgan fingerprint density at radius 1 is 1.02 bits per heavy atom. The molecule has 0 bridgehead atoms. The van der Waals surface area contributed by atoms with E-state index in [4.69, 9.17) is 11.6 Å². The molecular formula is C28H25ClF3N5O3. The molecule has 1 saturated carbocycles. The van der Waals surface area contributed by atoms with E-state index < -0.39 is 23.3 Å². The molecule has 0 aromatic carbocycles. The maximum atomic E-state index is 13.6. The highest BCUT2D eigenvalue weighted by atomic mass is 35.5. The second-order valence-electron chi connectivity index (χ2n) is 10.3. The molecule has 5 rings (SSSR count). The number of hydrogen-bond donors (Lipinski definition) is 1. The number of ether oxygens (including phenoxy) is 1. The van der Waals surface area contributed by atoms with Gasteiger partial charge in [0.2, 0.25) is 0 Å². The zero-order valence-electron chi connectivity index (χ0n) is 22.0. The van der Waals surface area contributed by atoms with Crippen molar-refractivity contribution in [3.05, 3.63) is 92.6 Å². The summed E-state index contributed by atoms with van der Waals surface area (Å²) in [7, 11) is 0. The first-order valence-electron chi connectivity index (χ1n) is 12.4. The summed E-state index contributed by atoms with van der Waals surface area (Å²) < 4.78 is 42.8. The van der Waals surface area contributed by atoms with Crippen molar-refractivity contribution in [2.24, 2.45) is 0 Å². The van der Waals surface area contributed by atoms with E-state index in [1.54, 1.807) is 39.1 Å². The smallest absolute Gasteiger partial charge is 0.404 e. The van der Waals surface area contributed by atoms with Crippen molar-refractivity contribution in [3.8, 4) is 22.8 Å². The summed E-state index contributed by atoms with van der Waals surface area (Å²) in [5, 5.41) is 10.4. The van der Waals surface area contributed by atoms with Crippen LogP contribution in [0.15, 0.2) is 53.7 Å². The SMILES string of the molecule is Cc1cnc(-c2ccnc(C(C)(C)O)n2)cc1-n1c(C)cc([C@H]2C[C@@H]2c2ccc(OC(F)(F)F)cn2)c(Cl)c1=O. The lowest BCUT2D eigenvalue weighted by Gasteiger charge is -2.17. The average Bonchev–Trinajstić information content (AvgIpc) is 3.67.